The van der Waals surface area contributed by atoms with Gasteiger partial charge in [-0.15, -0.1) is 0 Å². The van der Waals surface area contributed by atoms with Crippen molar-refractivity contribution in [2.75, 3.05) is 18.0 Å². The van der Waals surface area contributed by atoms with Gasteiger partial charge < -0.3 is 4.90 Å². The van der Waals surface area contributed by atoms with Gasteiger partial charge in [0.25, 0.3) is 5.56 Å². The molecule has 0 spiro atoms. The Balaban J connectivity index is 2.77. The second kappa shape index (κ2) is 5.15. The number of hydrogen-bond donors (Lipinski definition) is 1. The first-order chi connectivity index (χ1) is 9.38. The molecule has 0 radical (unpaired) electrons. The van der Waals surface area contributed by atoms with Crippen LogP contribution in [0.25, 0.3) is 10.9 Å². The highest BCUT2D eigenvalue weighted by Crippen LogP contribution is 2.33. The van der Waals surface area contributed by atoms with Crippen LogP contribution in [0.3, 0.4) is 0 Å². The average Bonchev–Trinajstić information content (AvgIpc) is 2.38. The predicted molar refractivity (Wildman–Crippen MR) is 70.9 cm³/mol. The van der Waals surface area contributed by atoms with Crippen LogP contribution in [-0.2, 0) is 6.18 Å². The Kier molecular flexibility index (Phi) is 3.69. The van der Waals surface area contributed by atoms with Gasteiger partial charge in [-0.1, -0.05) is 6.07 Å². The van der Waals surface area contributed by atoms with E-state index in [4.69, 9.17) is 0 Å². The Morgan fingerprint density at radius 3 is 2.45 bits per heavy atom. The molecule has 0 bridgehead atoms. The zero-order valence-electron chi connectivity index (χ0n) is 11.1. The summed E-state index contributed by atoms with van der Waals surface area (Å²) < 4.78 is 38.9. The molecule has 0 aliphatic carbocycles. The number of aromatic amines is 1. The Bertz CT molecular complexity index is 675. The molecule has 1 aromatic heterocycles. The molecule has 2 rings (SSSR count). The monoisotopic (exact) mass is 285 g/mol. The number of nitrogens with zero attached hydrogens (tertiary/aromatic N) is 2. The molecule has 0 aliphatic heterocycles. The maximum atomic E-state index is 13.0. The molecule has 0 amide bonds. The van der Waals surface area contributed by atoms with Gasteiger partial charge in [0.2, 0.25) is 5.95 Å². The molecule has 0 unspecified atom stereocenters. The van der Waals surface area contributed by atoms with Gasteiger partial charge in [-0.3, -0.25) is 9.78 Å². The van der Waals surface area contributed by atoms with Crippen LogP contribution in [-0.4, -0.2) is 23.1 Å². The first-order valence-electron chi connectivity index (χ1n) is 6.23. The van der Waals surface area contributed by atoms with Crippen molar-refractivity contribution in [3.63, 3.8) is 0 Å². The number of para-hydroxylation sites is 1. The van der Waals surface area contributed by atoms with Crippen LogP contribution in [0.2, 0.25) is 0 Å². The van der Waals surface area contributed by atoms with E-state index in [1.165, 1.54) is 12.1 Å². The van der Waals surface area contributed by atoms with E-state index in [1.807, 2.05) is 13.8 Å². The summed E-state index contributed by atoms with van der Waals surface area (Å²) in [6.07, 6.45) is -4.54. The van der Waals surface area contributed by atoms with Crippen LogP contribution >= 0.6 is 0 Å². The first-order valence-corrected chi connectivity index (χ1v) is 6.23. The van der Waals surface area contributed by atoms with Crippen LogP contribution in [0.4, 0.5) is 19.1 Å². The molecule has 0 saturated carbocycles. The number of halogens is 3. The van der Waals surface area contributed by atoms with Crippen molar-refractivity contribution in [3.05, 3.63) is 34.1 Å². The zero-order chi connectivity index (χ0) is 14.9. The molecule has 20 heavy (non-hydrogen) atoms. The fraction of sp³-hybridized carbons (Fsp3) is 0.385. The number of rotatable bonds is 3. The summed E-state index contributed by atoms with van der Waals surface area (Å²) >= 11 is 0. The first kappa shape index (κ1) is 14.4. The molecule has 0 atom stereocenters. The molecule has 0 saturated heterocycles. The van der Waals surface area contributed by atoms with E-state index in [2.05, 4.69) is 9.97 Å². The average molecular weight is 285 g/mol. The van der Waals surface area contributed by atoms with Gasteiger partial charge in [-0.2, -0.15) is 13.2 Å². The number of alkyl halides is 3. The molecule has 4 nitrogen and oxygen atoms in total. The lowest BCUT2D eigenvalue weighted by atomic mass is 10.1. The van der Waals surface area contributed by atoms with Gasteiger partial charge in [0.15, 0.2) is 0 Å². The molecule has 1 N–H and O–H groups in total. The minimum Gasteiger partial charge on any atom is -0.343 e. The zero-order valence-corrected chi connectivity index (χ0v) is 11.1. The summed E-state index contributed by atoms with van der Waals surface area (Å²) in [5, 5.41) is -0.0595. The van der Waals surface area contributed by atoms with Crippen molar-refractivity contribution >= 4 is 16.9 Å². The predicted octanol–water partition coefficient (Wildman–Crippen LogP) is 2.79. The molecule has 108 valence electrons. The molecule has 7 heteroatoms. The SMILES string of the molecule is CCN(CC)c1nc2c(C(F)(F)F)cccc2c(=O)[nH]1. The van der Waals surface area contributed by atoms with E-state index < -0.39 is 17.3 Å². The molecule has 0 fully saturated rings. The van der Waals surface area contributed by atoms with Crippen LogP contribution < -0.4 is 10.5 Å². The summed E-state index contributed by atoms with van der Waals surface area (Å²) in [4.78, 5) is 20.1. The molecule has 1 aromatic carbocycles. The van der Waals surface area contributed by atoms with Gasteiger partial charge in [0, 0.05) is 13.1 Å². The van der Waals surface area contributed by atoms with Crippen molar-refractivity contribution in [1.29, 1.82) is 0 Å². The third-order valence-electron chi connectivity index (χ3n) is 3.09. The minimum absolute atomic E-state index is 0.0595. The van der Waals surface area contributed by atoms with Gasteiger partial charge >= 0.3 is 6.18 Å². The normalized spacial score (nSPS) is 11.8. The van der Waals surface area contributed by atoms with E-state index >= 15 is 0 Å². The van der Waals surface area contributed by atoms with Crippen LogP contribution in [0.1, 0.15) is 19.4 Å². The number of H-pyrrole nitrogens is 1. The Morgan fingerprint density at radius 1 is 1.25 bits per heavy atom. The van der Waals surface area contributed by atoms with Crippen molar-refractivity contribution < 1.29 is 13.2 Å². The second-order valence-corrected chi connectivity index (χ2v) is 4.26. The lowest BCUT2D eigenvalue weighted by molar-refractivity contribution is -0.136. The third-order valence-corrected chi connectivity index (χ3v) is 3.09. The van der Waals surface area contributed by atoms with Gasteiger partial charge in [-0.25, -0.2) is 4.98 Å². The fourth-order valence-electron chi connectivity index (χ4n) is 2.05. The van der Waals surface area contributed by atoms with Gasteiger partial charge in [0.1, 0.15) is 0 Å². The lowest BCUT2D eigenvalue weighted by Gasteiger charge is -2.19. The summed E-state index contributed by atoms with van der Waals surface area (Å²) in [5.74, 6) is 0.157. The van der Waals surface area contributed by atoms with Crippen molar-refractivity contribution in [3.8, 4) is 0 Å². The van der Waals surface area contributed by atoms with E-state index in [0.717, 1.165) is 6.07 Å². The van der Waals surface area contributed by atoms with Crippen LogP contribution in [0, 0.1) is 0 Å². The van der Waals surface area contributed by atoms with Crippen molar-refractivity contribution in [1.82, 2.24) is 9.97 Å². The molecular weight excluding hydrogens is 271 g/mol. The summed E-state index contributed by atoms with van der Waals surface area (Å²) in [6.45, 7) is 4.75. The number of aromatic nitrogens is 2. The summed E-state index contributed by atoms with van der Waals surface area (Å²) in [5.41, 5.74) is -1.77. The summed E-state index contributed by atoms with van der Waals surface area (Å²) in [6, 6.07) is 3.47. The van der Waals surface area contributed by atoms with E-state index in [-0.39, 0.29) is 16.9 Å². The largest absolute Gasteiger partial charge is 0.418 e. The Morgan fingerprint density at radius 2 is 1.90 bits per heavy atom. The standard InChI is InChI=1S/C13H14F3N3O/c1-3-19(4-2)12-17-10-8(11(20)18-12)6-5-7-9(10)13(14,15)16/h5-7H,3-4H2,1-2H3,(H,17,18,20). The number of anilines is 1. The number of nitrogens with one attached hydrogen (secondary N) is 1. The highest BCUT2D eigenvalue weighted by Gasteiger charge is 2.33. The molecule has 2 aromatic rings. The van der Waals surface area contributed by atoms with E-state index in [1.54, 1.807) is 4.90 Å². The van der Waals surface area contributed by atoms with Gasteiger partial charge in [0.05, 0.1) is 16.5 Å². The Labute approximate surface area is 113 Å². The third kappa shape index (κ3) is 2.48. The fourth-order valence-corrected chi connectivity index (χ4v) is 2.05. The van der Waals surface area contributed by atoms with Crippen LogP contribution in [0.5, 0.6) is 0 Å². The number of hydrogen-bond acceptors (Lipinski definition) is 3. The minimum atomic E-state index is -4.54. The maximum absolute atomic E-state index is 13.0. The second-order valence-electron chi connectivity index (χ2n) is 4.26. The lowest BCUT2D eigenvalue weighted by Crippen LogP contribution is -2.27. The molecule has 0 aliphatic rings. The van der Waals surface area contributed by atoms with E-state index in [9.17, 15) is 18.0 Å². The van der Waals surface area contributed by atoms with Crippen molar-refractivity contribution in [2.45, 2.75) is 20.0 Å². The number of benzene rings is 1. The highest BCUT2D eigenvalue weighted by atomic mass is 19.4. The smallest absolute Gasteiger partial charge is 0.343 e. The topological polar surface area (TPSA) is 49.0 Å². The van der Waals surface area contributed by atoms with E-state index in [0.29, 0.717) is 13.1 Å². The summed E-state index contributed by atoms with van der Waals surface area (Å²) in [7, 11) is 0. The quantitative estimate of drug-likeness (QED) is 0.943. The highest BCUT2D eigenvalue weighted by molar-refractivity contribution is 5.82. The molecular formula is C13H14F3N3O. The van der Waals surface area contributed by atoms with Crippen molar-refractivity contribution in [2.24, 2.45) is 0 Å². The Hall–Kier alpha value is -2.05. The number of fused-ring (bicyclic) bond motifs is 1. The van der Waals surface area contributed by atoms with Gasteiger partial charge in [-0.05, 0) is 26.0 Å². The molecule has 1 heterocycles. The maximum Gasteiger partial charge on any atom is 0.418 e. The van der Waals surface area contributed by atoms with Crippen LogP contribution in [0.15, 0.2) is 23.0 Å².